The van der Waals surface area contributed by atoms with Gasteiger partial charge in [0.2, 0.25) is 0 Å². The van der Waals surface area contributed by atoms with Crippen LogP contribution in [0.15, 0.2) is 185 Å². The van der Waals surface area contributed by atoms with Crippen LogP contribution in [0.25, 0.3) is 110 Å². The van der Waals surface area contributed by atoms with Gasteiger partial charge in [0.1, 0.15) is 17.0 Å². The Morgan fingerprint density at radius 1 is 0.455 bits per heavy atom. The molecule has 0 saturated carbocycles. The zero-order valence-corrected chi connectivity index (χ0v) is 29.4. The zero-order valence-electron chi connectivity index (χ0n) is 29.4. The second kappa shape index (κ2) is 11.3. The molecule has 0 radical (unpaired) electrons. The molecule has 4 aromatic heterocycles. The van der Waals surface area contributed by atoms with Gasteiger partial charge < -0.3 is 8.98 Å². The van der Waals surface area contributed by atoms with E-state index in [2.05, 4.69) is 120 Å². The van der Waals surface area contributed by atoms with Crippen LogP contribution in [0.4, 0.5) is 0 Å². The van der Waals surface area contributed by atoms with Crippen molar-refractivity contribution in [3.05, 3.63) is 186 Å². The van der Waals surface area contributed by atoms with Crippen molar-refractivity contribution in [2.24, 2.45) is 0 Å². The van der Waals surface area contributed by atoms with Gasteiger partial charge in [-0.05, 0) is 88.3 Å². The molecule has 4 heterocycles. The van der Waals surface area contributed by atoms with E-state index in [-0.39, 0.29) is 5.56 Å². The lowest BCUT2D eigenvalue weighted by molar-refractivity contribution is 0.669. The summed E-state index contributed by atoms with van der Waals surface area (Å²) in [7, 11) is 0. The normalized spacial score (nSPS) is 12.1. The molecule has 0 aliphatic rings. The van der Waals surface area contributed by atoms with E-state index in [1.165, 1.54) is 21.8 Å². The van der Waals surface area contributed by atoms with Crippen LogP contribution in [-0.4, -0.2) is 14.0 Å². The molecule has 5 heteroatoms. The summed E-state index contributed by atoms with van der Waals surface area (Å²) in [4.78, 5) is 19.3. The Morgan fingerprint density at radius 2 is 1.13 bits per heavy atom. The molecule has 8 aromatic carbocycles. The number of para-hydroxylation sites is 2. The molecular formula is C50H29N3O2. The van der Waals surface area contributed by atoms with Gasteiger partial charge in [-0.2, -0.15) is 0 Å². The molecule has 0 unspecified atom stereocenters. The molecule has 0 aliphatic heterocycles. The Labute approximate surface area is 313 Å². The van der Waals surface area contributed by atoms with Gasteiger partial charge in [-0.15, -0.1) is 0 Å². The quantitative estimate of drug-likeness (QED) is 0.171. The van der Waals surface area contributed by atoms with Crippen LogP contribution in [0.2, 0.25) is 0 Å². The minimum atomic E-state index is -0.0675. The van der Waals surface area contributed by atoms with Crippen LogP contribution in [-0.2, 0) is 0 Å². The highest BCUT2D eigenvalue weighted by atomic mass is 16.3. The van der Waals surface area contributed by atoms with E-state index in [1.807, 2.05) is 65.1 Å². The van der Waals surface area contributed by atoms with Gasteiger partial charge in [0.25, 0.3) is 5.56 Å². The first-order valence-corrected chi connectivity index (χ1v) is 18.5. The number of aromatic nitrogens is 3. The highest BCUT2D eigenvalue weighted by Crippen LogP contribution is 2.44. The summed E-state index contributed by atoms with van der Waals surface area (Å²) in [6.07, 6.45) is 0. The van der Waals surface area contributed by atoms with E-state index in [9.17, 15) is 4.79 Å². The second-order valence-corrected chi connectivity index (χ2v) is 14.3. The van der Waals surface area contributed by atoms with Crippen LogP contribution in [0, 0.1) is 0 Å². The lowest BCUT2D eigenvalue weighted by atomic mass is 9.92. The second-order valence-electron chi connectivity index (χ2n) is 14.3. The number of pyridine rings is 1. The van der Waals surface area contributed by atoms with Crippen LogP contribution in [0.3, 0.4) is 0 Å². The minimum Gasteiger partial charge on any atom is -0.456 e. The van der Waals surface area contributed by atoms with Gasteiger partial charge in [-0.1, -0.05) is 115 Å². The van der Waals surface area contributed by atoms with E-state index in [4.69, 9.17) is 9.40 Å². The van der Waals surface area contributed by atoms with Gasteiger partial charge in [0.05, 0.1) is 22.1 Å². The van der Waals surface area contributed by atoms with Crippen molar-refractivity contribution in [1.29, 1.82) is 0 Å². The first kappa shape index (κ1) is 30.0. The monoisotopic (exact) mass is 703 g/mol. The Bertz CT molecular complexity index is 3560. The summed E-state index contributed by atoms with van der Waals surface area (Å²) in [5.41, 5.74) is 11.9. The molecule has 0 saturated heterocycles. The molecule has 0 fully saturated rings. The molecule has 5 nitrogen and oxygen atoms in total. The number of hydrogen-bond donors (Lipinski definition) is 0. The zero-order chi connectivity index (χ0) is 36.2. The summed E-state index contributed by atoms with van der Waals surface area (Å²) in [6.45, 7) is 0. The molecule has 55 heavy (non-hydrogen) atoms. The SMILES string of the molecule is O=c1c2ccccc2c2c(-c3cccc4oc5ccc(-c6ccc7c(c6)c6ccccc6n7-c6ccccc6)cc5c34)ccc3nc(-c4ccccc4)n1c32. The lowest BCUT2D eigenvalue weighted by Gasteiger charge is -2.12. The highest BCUT2D eigenvalue weighted by molar-refractivity contribution is 6.22. The molecule has 0 amide bonds. The Morgan fingerprint density at radius 3 is 1.96 bits per heavy atom. The molecule has 12 rings (SSSR count). The molecule has 0 N–H and O–H groups in total. The van der Waals surface area contributed by atoms with E-state index < -0.39 is 0 Å². The first-order valence-electron chi connectivity index (χ1n) is 18.5. The van der Waals surface area contributed by atoms with Gasteiger partial charge in [-0.25, -0.2) is 4.98 Å². The van der Waals surface area contributed by atoms with Gasteiger partial charge in [0.15, 0.2) is 0 Å². The van der Waals surface area contributed by atoms with E-state index in [1.54, 1.807) is 0 Å². The highest BCUT2D eigenvalue weighted by Gasteiger charge is 2.23. The number of hydrogen-bond acceptors (Lipinski definition) is 3. The number of benzene rings is 8. The van der Waals surface area contributed by atoms with Gasteiger partial charge in [-0.3, -0.25) is 9.20 Å². The summed E-state index contributed by atoms with van der Waals surface area (Å²) in [5, 5.41) is 7.09. The van der Waals surface area contributed by atoms with Crippen molar-refractivity contribution in [3.63, 3.8) is 0 Å². The third-order valence-corrected chi connectivity index (χ3v) is 11.3. The maximum absolute atomic E-state index is 14.2. The van der Waals surface area contributed by atoms with Crippen molar-refractivity contribution in [3.8, 4) is 39.3 Å². The minimum absolute atomic E-state index is 0.0675. The molecule has 12 aromatic rings. The third-order valence-electron chi connectivity index (χ3n) is 11.3. The summed E-state index contributed by atoms with van der Waals surface area (Å²) in [5.74, 6) is 0.647. The van der Waals surface area contributed by atoms with Crippen LogP contribution in [0.1, 0.15) is 0 Å². The van der Waals surface area contributed by atoms with Crippen molar-refractivity contribution < 1.29 is 4.42 Å². The summed E-state index contributed by atoms with van der Waals surface area (Å²) >= 11 is 0. The topological polar surface area (TPSA) is 52.4 Å². The number of rotatable bonds is 4. The van der Waals surface area contributed by atoms with Gasteiger partial charge in [0, 0.05) is 43.6 Å². The van der Waals surface area contributed by atoms with Crippen LogP contribution < -0.4 is 5.56 Å². The Hall–Kier alpha value is -7.50. The molecule has 0 atom stereocenters. The standard InChI is InChI=1S/C50H29N3O2/c54-50-38-18-8-7-17-36(38)47-37(24-25-41-48(47)53(50)49(51-41)30-12-3-1-4-13-30)35-19-11-21-45-46(35)40-29-32(23-27-44(40)55-45)31-22-26-43-39(28-31)34-16-9-10-20-42(34)52(43)33-14-5-2-6-15-33/h1-29H. The predicted octanol–water partition coefficient (Wildman–Crippen LogP) is 12.4. The first-order chi connectivity index (χ1) is 27.2. The van der Waals surface area contributed by atoms with Crippen molar-refractivity contribution in [1.82, 2.24) is 14.0 Å². The fourth-order valence-electron chi connectivity index (χ4n) is 8.89. The van der Waals surface area contributed by atoms with Crippen molar-refractivity contribution in [2.75, 3.05) is 0 Å². The molecule has 0 spiro atoms. The fourth-order valence-corrected chi connectivity index (χ4v) is 8.89. The van der Waals surface area contributed by atoms with E-state index in [0.29, 0.717) is 11.2 Å². The Balaban J connectivity index is 1.10. The van der Waals surface area contributed by atoms with Gasteiger partial charge >= 0.3 is 0 Å². The van der Waals surface area contributed by atoms with Crippen molar-refractivity contribution >= 4 is 70.9 Å². The summed E-state index contributed by atoms with van der Waals surface area (Å²) < 4.78 is 10.7. The maximum Gasteiger partial charge on any atom is 0.264 e. The van der Waals surface area contributed by atoms with Crippen molar-refractivity contribution in [2.45, 2.75) is 0 Å². The predicted molar refractivity (Wildman–Crippen MR) is 226 cm³/mol. The van der Waals surface area contributed by atoms with Crippen LogP contribution in [0.5, 0.6) is 0 Å². The molecule has 0 aliphatic carbocycles. The maximum atomic E-state index is 14.2. The lowest BCUT2D eigenvalue weighted by Crippen LogP contribution is -2.14. The average molecular weight is 704 g/mol. The smallest absolute Gasteiger partial charge is 0.264 e. The van der Waals surface area contributed by atoms with Crippen LogP contribution >= 0.6 is 0 Å². The number of fused-ring (bicyclic) bond motifs is 8. The summed E-state index contributed by atoms with van der Waals surface area (Å²) in [6, 6.07) is 60.8. The Kier molecular flexibility index (Phi) is 6.14. The third kappa shape index (κ3) is 4.23. The fraction of sp³-hybridized carbons (Fsp3) is 0. The van der Waals surface area contributed by atoms with E-state index >= 15 is 0 Å². The molecule has 256 valence electrons. The molecular weight excluding hydrogens is 675 g/mol. The van der Waals surface area contributed by atoms with E-state index in [0.717, 1.165) is 77.2 Å². The average Bonchev–Trinajstić information content (AvgIpc) is 3.93. The number of nitrogens with zero attached hydrogens (tertiary/aromatic N) is 3. The number of furan rings is 1. The molecule has 0 bridgehead atoms. The largest absolute Gasteiger partial charge is 0.456 e. The number of imidazole rings is 1.